The summed E-state index contributed by atoms with van der Waals surface area (Å²) in [6.07, 6.45) is 1.61. The molecule has 0 saturated carbocycles. The second-order valence-corrected chi connectivity index (χ2v) is 4.94. The van der Waals surface area contributed by atoms with E-state index in [2.05, 4.69) is 15.1 Å². The van der Waals surface area contributed by atoms with E-state index in [1.54, 1.807) is 25.3 Å². The smallest absolute Gasteiger partial charge is 0.256 e. The summed E-state index contributed by atoms with van der Waals surface area (Å²) in [6, 6.07) is 6.05. The van der Waals surface area contributed by atoms with Crippen LogP contribution in [-0.4, -0.2) is 15.1 Å². The molecule has 102 valence electrons. The summed E-state index contributed by atoms with van der Waals surface area (Å²) < 4.78 is 23.3. The summed E-state index contributed by atoms with van der Waals surface area (Å²) in [4.78, 5) is 8.24. The molecule has 0 N–H and O–H groups in total. The molecule has 0 fully saturated rings. The van der Waals surface area contributed by atoms with Crippen LogP contribution in [0.5, 0.6) is 0 Å². The average molecular weight is 291 g/mol. The zero-order valence-corrected chi connectivity index (χ0v) is 11.4. The van der Waals surface area contributed by atoms with E-state index in [0.29, 0.717) is 28.5 Å². The van der Waals surface area contributed by atoms with Crippen molar-refractivity contribution in [2.45, 2.75) is 17.9 Å². The van der Waals surface area contributed by atoms with E-state index in [-0.39, 0.29) is 5.82 Å². The Bertz CT molecular complexity index is 708. The molecule has 0 spiro atoms. The molecule has 3 rings (SSSR count). The van der Waals surface area contributed by atoms with Gasteiger partial charge in [0, 0.05) is 12.5 Å². The molecule has 0 radical (unpaired) electrons. The molecular weight excluding hydrogens is 281 g/mol. The van der Waals surface area contributed by atoms with Crippen LogP contribution >= 0.6 is 11.8 Å². The molecule has 1 aromatic carbocycles. The molecule has 0 aliphatic heterocycles. The Kier molecular flexibility index (Phi) is 3.51. The van der Waals surface area contributed by atoms with E-state index in [9.17, 15) is 4.39 Å². The Labute approximate surface area is 118 Å². The number of aryl methyl sites for hydroxylation is 1. The summed E-state index contributed by atoms with van der Waals surface area (Å²) in [6.45, 7) is 1.74. The van der Waals surface area contributed by atoms with Gasteiger partial charge in [0.2, 0.25) is 5.89 Å². The molecule has 0 aliphatic rings. The fourth-order valence-corrected chi connectivity index (χ4v) is 2.24. The van der Waals surface area contributed by atoms with Gasteiger partial charge in [-0.25, -0.2) is 9.37 Å². The van der Waals surface area contributed by atoms with Crippen molar-refractivity contribution in [1.29, 1.82) is 0 Å². The molecule has 0 amide bonds. The van der Waals surface area contributed by atoms with Crippen LogP contribution in [-0.2, 0) is 5.75 Å². The first kappa shape index (κ1) is 12.9. The maximum absolute atomic E-state index is 12.8. The molecule has 20 heavy (non-hydrogen) atoms. The highest BCUT2D eigenvalue weighted by Crippen LogP contribution is 2.27. The predicted molar refractivity (Wildman–Crippen MR) is 70.5 cm³/mol. The van der Waals surface area contributed by atoms with Crippen molar-refractivity contribution in [3.05, 3.63) is 48.0 Å². The Morgan fingerprint density at radius 2 is 2.05 bits per heavy atom. The topological polar surface area (TPSA) is 65.0 Å². The van der Waals surface area contributed by atoms with Crippen molar-refractivity contribution in [1.82, 2.24) is 15.1 Å². The van der Waals surface area contributed by atoms with E-state index in [4.69, 9.17) is 8.94 Å². The normalized spacial score (nSPS) is 10.9. The summed E-state index contributed by atoms with van der Waals surface area (Å²) >= 11 is 1.37. The summed E-state index contributed by atoms with van der Waals surface area (Å²) in [5.41, 5.74) is 0.779. The minimum atomic E-state index is -0.282. The summed E-state index contributed by atoms with van der Waals surface area (Å²) in [5.74, 6) is 1.95. The number of hydrogen-bond donors (Lipinski definition) is 0. The number of rotatable bonds is 4. The van der Waals surface area contributed by atoms with Gasteiger partial charge in [-0.15, -0.1) is 0 Å². The molecule has 0 atom stereocenters. The minimum absolute atomic E-state index is 0.282. The number of benzene rings is 1. The van der Waals surface area contributed by atoms with Gasteiger partial charge in [0.15, 0.2) is 11.6 Å². The monoisotopic (exact) mass is 291 g/mol. The van der Waals surface area contributed by atoms with Gasteiger partial charge in [0.1, 0.15) is 5.82 Å². The first-order valence-corrected chi connectivity index (χ1v) is 6.83. The first-order valence-electron chi connectivity index (χ1n) is 5.84. The van der Waals surface area contributed by atoms with Crippen molar-refractivity contribution in [3.8, 4) is 11.3 Å². The molecular formula is C13H10FN3O2S. The maximum atomic E-state index is 12.8. The Morgan fingerprint density at radius 1 is 1.25 bits per heavy atom. The standard InChI is InChI=1S/C13H10FN3O2S/c1-8-16-12(17-19-8)7-20-13-15-6-11(18-13)9-2-4-10(14)5-3-9/h2-6H,7H2,1H3. The van der Waals surface area contributed by atoms with Crippen LogP contribution in [0.1, 0.15) is 11.7 Å². The van der Waals surface area contributed by atoms with E-state index >= 15 is 0 Å². The lowest BCUT2D eigenvalue weighted by atomic mass is 10.2. The molecule has 0 unspecified atom stereocenters. The van der Waals surface area contributed by atoms with Crippen LogP contribution in [0.3, 0.4) is 0 Å². The van der Waals surface area contributed by atoms with Gasteiger partial charge in [0.25, 0.3) is 5.22 Å². The van der Waals surface area contributed by atoms with Crippen molar-refractivity contribution < 1.29 is 13.3 Å². The third-order valence-corrected chi connectivity index (χ3v) is 3.35. The molecule has 0 aliphatic carbocycles. The van der Waals surface area contributed by atoms with Crippen LogP contribution in [0.2, 0.25) is 0 Å². The molecule has 5 nitrogen and oxygen atoms in total. The molecule has 0 saturated heterocycles. The fourth-order valence-electron chi connectivity index (χ4n) is 1.60. The molecule has 2 heterocycles. The number of halogens is 1. The van der Waals surface area contributed by atoms with Crippen LogP contribution < -0.4 is 0 Å². The van der Waals surface area contributed by atoms with E-state index in [1.807, 2.05) is 0 Å². The Hall–Kier alpha value is -2.15. The molecule has 3 aromatic rings. The quantitative estimate of drug-likeness (QED) is 0.686. The maximum Gasteiger partial charge on any atom is 0.256 e. The van der Waals surface area contributed by atoms with Crippen molar-refractivity contribution in [2.75, 3.05) is 0 Å². The van der Waals surface area contributed by atoms with E-state index in [0.717, 1.165) is 5.56 Å². The van der Waals surface area contributed by atoms with Gasteiger partial charge >= 0.3 is 0 Å². The van der Waals surface area contributed by atoms with Crippen LogP contribution in [0.15, 0.2) is 44.6 Å². The number of aromatic nitrogens is 3. The fraction of sp³-hybridized carbons (Fsp3) is 0.154. The summed E-state index contributed by atoms with van der Waals surface area (Å²) in [7, 11) is 0. The zero-order chi connectivity index (χ0) is 13.9. The number of thioether (sulfide) groups is 1. The second-order valence-electron chi connectivity index (χ2n) is 4.02. The van der Waals surface area contributed by atoms with Crippen molar-refractivity contribution in [2.24, 2.45) is 0 Å². The lowest BCUT2D eigenvalue weighted by Crippen LogP contribution is -1.83. The van der Waals surface area contributed by atoms with Gasteiger partial charge in [-0.1, -0.05) is 16.9 Å². The van der Waals surface area contributed by atoms with Crippen molar-refractivity contribution >= 4 is 11.8 Å². The Morgan fingerprint density at radius 3 is 2.75 bits per heavy atom. The van der Waals surface area contributed by atoms with Gasteiger partial charge < -0.3 is 8.94 Å². The largest absolute Gasteiger partial charge is 0.431 e. The van der Waals surface area contributed by atoms with E-state index < -0.39 is 0 Å². The zero-order valence-electron chi connectivity index (χ0n) is 10.5. The average Bonchev–Trinajstić information content (AvgIpc) is 3.06. The molecule has 7 heteroatoms. The van der Waals surface area contributed by atoms with E-state index in [1.165, 1.54) is 23.9 Å². The predicted octanol–water partition coefficient (Wildman–Crippen LogP) is 3.46. The van der Waals surface area contributed by atoms with Gasteiger partial charge in [-0.05, 0) is 24.3 Å². The number of nitrogens with zero attached hydrogens (tertiary/aromatic N) is 3. The van der Waals surface area contributed by atoms with Crippen molar-refractivity contribution in [3.63, 3.8) is 0 Å². The van der Waals surface area contributed by atoms with Gasteiger partial charge in [-0.2, -0.15) is 4.98 Å². The lowest BCUT2D eigenvalue weighted by Gasteiger charge is -1.95. The van der Waals surface area contributed by atoms with Crippen LogP contribution in [0, 0.1) is 12.7 Å². The Balaban J connectivity index is 1.69. The highest BCUT2D eigenvalue weighted by Gasteiger charge is 2.09. The third-order valence-electron chi connectivity index (χ3n) is 2.51. The second kappa shape index (κ2) is 5.46. The minimum Gasteiger partial charge on any atom is -0.431 e. The molecule has 2 aromatic heterocycles. The highest BCUT2D eigenvalue weighted by atomic mass is 32.2. The highest BCUT2D eigenvalue weighted by molar-refractivity contribution is 7.98. The number of hydrogen-bond acceptors (Lipinski definition) is 6. The van der Waals surface area contributed by atoms with Crippen LogP contribution in [0.4, 0.5) is 4.39 Å². The third kappa shape index (κ3) is 2.88. The summed E-state index contributed by atoms with van der Waals surface area (Å²) in [5, 5.41) is 4.29. The SMILES string of the molecule is Cc1nc(CSc2ncc(-c3ccc(F)cc3)o2)no1. The first-order chi connectivity index (χ1) is 9.70. The van der Waals surface area contributed by atoms with Crippen LogP contribution in [0.25, 0.3) is 11.3 Å². The molecule has 0 bridgehead atoms. The number of oxazole rings is 1. The van der Waals surface area contributed by atoms with Gasteiger partial charge in [0.05, 0.1) is 11.9 Å². The van der Waals surface area contributed by atoms with Gasteiger partial charge in [-0.3, -0.25) is 0 Å². The lowest BCUT2D eigenvalue weighted by molar-refractivity contribution is 0.389.